The predicted molar refractivity (Wildman–Crippen MR) is 113 cm³/mol. The lowest BCUT2D eigenvalue weighted by Crippen LogP contribution is -2.46. The maximum atomic E-state index is 11.2. The van der Waals surface area contributed by atoms with Gasteiger partial charge in [-0.15, -0.1) is 0 Å². The van der Waals surface area contributed by atoms with Crippen molar-refractivity contribution in [3.63, 3.8) is 0 Å². The van der Waals surface area contributed by atoms with Crippen LogP contribution < -0.4 is 9.47 Å². The zero-order valence-corrected chi connectivity index (χ0v) is 17.2. The van der Waals surface area contributed by atoms with Gasteiger partial charge in [0.1, 0.15) is 0 Å². The van der Waals surface area contributed by atoms with Crippen LogP contribution in [0, 0.1) is 0 Å². The van der Waals surface area contributed by atoms with Crippen LogP contribution in [0.5, 0.6) is 11.5 Å². The maximum Gasteiger partial charge on any atom is 0.161 e. The fourth-order valence-corrected chi connectivity index (χ4v) is 4.11. The van der Waals surface area contributed by atoms with E-state index >= 15 is 0 Å². The van der Waals surface area contributed by atoms with Crippen LogP contribution in [-0.4, -0.2) is 52.0 Å². The summed E-state index contributed by atoms with van der Waals surface area (Å²) in [6, 6.07) is 10.2. The minimum absolute atomic E-state index is 0.604. The second-order valence-corrected chi connectivity index (χ2v) is 7.80. The van der Waals surface area contributed by atoms with Crippen LogP contribution in [0.3, 0.4) is 0 Å². The molecule has 1 N–H and O–H groups in total. The lowest BCUT2D eigenvalue weighted by molar-refractivity contribution is -0.0349. The van der Waals surface area contributed by atoms with E-state index in [1.54, 1.807) is 13.3 Å². The second-order valence-electron chi connectivity index (χ2n) is 7.80. The van der Waals surface area contributed by atoms with E-state index in [0.29, 0.717) is 13.2 Å². The molecule has 6 heteroatoms. The fourth-order valence-electron chi connectivity index (χ4n) is 4.11. The Bertz CT molecular complexity index is 961. The first-order chi connectivity index (χ1) is 14.1. The van der Waals surface area contributed by atoms with E-state index in [2.05, 4.69) is 32.7 Å². The van der Waals surface area contributed by atoms with Gasteiger partial charge in [-0.2, -0.15) is 0 Å². The standard InChI is InChI=1S/C23H29N3O3/c1-3-29-22-14-18(4-5-21(22)28-2)16-25-12-8-23(27,9-13-25)17-26-11-7-19-6-10-24-15-20(19)26/h4-7,10-11,14-15,27H,3,8-9,12-13,16-17H2,1-2H3. The molecule has 3 aromatic rings. The molecule has 1 aromatic carbocycles. The molecule has 0 unspecified atom stereocenters. The number of likely N-dealkylation sites (tertiary alicyclic amines) is 1. The molecule has 154 valence electrons. The average molecular weight is 396 g/mol. The second kappa shape index (κ2) is 8.43. The monoisotopic (exact) mass is 395 g/mol. The third-order valence-electron chi connectivity index (χ3n) is 5.76. The number of rotatable bonds is 7. The quantitative estimate of drug-likeness (QED) is 0.664. The van der Waals surface area contributed by atoms with Crippen molar-refractivity contribution in [3.8, 4) is 11.5 Å². The number of fused-ring (bicyclic) bond motifs is 1. The van der Waals surface area contributed by atoms with Gasteiger partial charge in [-0.05, 0) is 49.6 Å². The summed E-state index contributed by atoms with van der Waals surface area (Å²) in [4.78, 5) is 6.61. The van der Waals surface area contributed by atoms with E-state index in [1.165, 1.54) is 5.56 Å². The smallest absolute Gasteiger partial charge is 0.161 e. The molecule has 0 atom stereocenters. The molecule has 1 aliphatic heterocycles. The normalized spacial score (nSPS) is 16.8. The molecular weight excluding hydrogens is 366 g/mol. The summed E-state index contributed by atoms with van der Waals surface area (Å²) < 4.78 is 13.2. The van der Waals surface area contributed by atoms with Crippen LogP contribution in [0.1, 0.15) is 25.3 Å². The molecule has 0 bridgehead atoms. The van der Waals surface area contributed by atoms with Crippen LogP contribution in [0.25, 0.3) is 10.9 Å². The Balaban J connectivity index is 1.38. The first kappa shape index (κ1) is 19.7. The Morgan fingerprint density at radius 2 is 1.97 bits per heavy atom. The van der Waals surface area contributed by atoms with Gasteiger partial charge in [0.2, 0.25) is 0 Å². The summed E-state index contributed by atoms with van der Waals surface area (Å²) in [5.41, 5.74) is 1.58. The number of piperidine rings is 1. The number of aliphatic hydroxyl groups is 1. The lowest BCUT2D eigenvalue weighted by atomic mass is 9.91. The SMILES string of the molecule is CCOc1cc(CN2CCC(O)(Cn3ccc4ccncc43)CC2)ccc1OC. The van der Waals surface area contributed by atoms with Crippen LogP contribution in [0.4, 0.5) is 0 Å². The molecule has 0 saturated carbocycles. The molecule has 0 amide bonds. The molecule has 6 nitrogen and oxygen atoms in total. The topological polar surface area (TPSA) is 59.8 Å². The first-order valence-corrected chi connectivity index (χ1v) is 10.2. The highest BCUT2D eigenvalue weighted by molar-refractivity contribution is 5.78. The summed E-state index contributed by atoms with van der Waals surface area (Å²) >= 11 is 0. The van der Waals surface area contributed by atoms with E-state index in [-0.39, 0.29) is 0 Å². The van der Waals surface area contributed by atoms with Gasteiger partial charge < -0.3 is 19.1 Å². The minimum atomic E-state index is -0.686. The number of pyridine rings is 1. The largest absolute Gasteiger partial charge is 0.493 e. The average Bonchev–Trinajstić information content (AvgIpc) is 3.13. The van der Waals surface area contributed by atoms with Crippen LogP contribution in [0.15, 0.2) is 48.9 Å². The molecule has 29 heavy (non-hydrogen) atoms. The van der Waals surface area contributed by atoms with Crippen LogP contribution in [0.2, 0.25) is 0 Å². The number of hydrogen-bond acceptors (Lipinski definition) is 5. The van der Waals surface area contributed by atoms with E-state index in [4.69, 9.17) is 9.47 Å². The van der Waals surface area contributed by atoms with E-state index in [1.807, 2.05) is 31.5 Å². The predicted octanol–water partition coefficient (Wildman–Crippen LogP) is 3.47. The number of nitrogens with zero attached hydrogens (tertiary/aromatic N) is 3. The van der Waals surface area contributed by atoms with Crippen molar-refractivity contribution >= 4 is 10.9 Å². The highest BCUT2D eigenvalue weighted by Gasteiger charge is 2.33. The van der Waals surface area contributed by atoms with Crippen molar-refractivity contribution in [1.82, 2.24) is 14.5 Å². The third kappa shape index (κ3) is 4.38. The molecule has 1 saturated heterocycles. The molecule has 0 spiro atoms. The van der Waals surface area contributed by atoms with Gasteiger partial charge in [0.25, 0.3) is 0 Å². The van der Waals surface area contributed by atoms with Crippen molar-refractivity contribution in [1.29, 1.82) is 0 Å². The molecule has 3 heterocycles. The van der Waals surface area contributed by atoms with Gasteiger partial charge >= 0.3 is 0 Å². The van der Waals surface area contributed by atoms with Crippen molar-refractivity contribution in [3.05, 3.63) is 54.5 Å². The van der Waals surface area contributed by atoms with Crippen LogP contribution >= 0.6 is 0 Å². The molecule has 1 aliphatic rings. The zero-order valence-electron chi connectivity index (χ0n) is 17.2. The number of ether oxygens (including phenoxy) is 2. The molecule has 0 radical (unpaired) electrons. The Kier molecular flexibility index (Phi) is 5.74. The molecular formula is C23H29N3O3. The van der Waals surface area contributed by atoms with Crippen molar-refractivity contribution in [2.24, 2.45) is 0 Å². The van der Waals surface area contributed by atoms with Gasteiger partial charge in [0.15, 0.2) is 11.5 Å². The summed E-state index contributed by atoms with van der Waals surface area (Å²) in [6.07, 6.45) is 7.22. The highest BCUT2D eigenvalue weighted by atomic mass is 16.5. The van der Waals surface area contributed by atoms with E-state index in [9.17, 15) is 5.11 Å². The Morgan fingerprint density at radius 1 is 1.14 bits per heavy atom. The Labute approximate surface area is 171 Å². The fraction of sp³-hybridized carbons (Fsp3) is 0.435. The minimum Gasteiger partial charge on any atom is -0.493 e. The summed E-state index contributed by atoms with van der Waals surface area (Å²) in [5.74, 6) is 1.55. The van der Waals surface area contributed by atoms with Crippen molar-refractivity contribution in [2.75, 3.05) is 26.8 Å². The lowest BCUT2D eigenvalue weighted by Gasteiger charge is -2.38. The van der Waals surface area contributed by atoms with Crippen LogP contribution in [-0.2, 0) is 13.1 Å². The molecule has 1 fully saturated rings. The summed E-state index contributed by atoms with van der Waals surface area (Å²) in [5, 5.41) is 12.3. The first-order valence-electron chi connectivity index (χ1n) is 10.2. The van der Waals surface area contributed by atoms with Crippen molar-refractivity contribution in [2.45, 2.75) is 38.5 Å². The number of methoxy groups -OCH3 is 1. The van der Waals surface area contributed by atoms with Gasteiger partial charge in [-0.3, -0.25) is 9.88 Å². The maximum absolute atomic E-state index is 11.2. The van der Waals surface area contributed by atoms with E-state index in [0.717, 1.165) is 54.9 Å². The Hall–Kier alpha value is -2.57. The zero-order chi connectivity index (χ0) is 20.3. The number of aromatic nitrogens is 2. The van der Waals surface area contributed by atoms with Gasteiger partial charge in [0, 0.05) is 37.4 Å². The highest BCUT2D eigenvalue weighted by Crippen LogP contribution is 2.30. The van der Waals surface area contributed by atoms with Crippen molar-refractivity contribution < 1.29 is 14.6 Å². The molecule has 0 aliphatic carbocycles. The number of hydrogen-bond donors (Lipinski definition) is 1. The Morgan fingerprint density at radius 3 is 2.72 bits per heavy atom. The molecule has 2 aromatic heterocycles. The molecule has 4 rings (SSSR count). The van der Waals surface area contributed by atoms with Gasteiger partial charge in [-0.25, -0.2) is 0 Å². The summed E-state index contributed by atoms with van der Waals surface area (Å²) in [6.45, 7) is 5.76. The van der Waals surface area contributed by atoms with Gasteiger partial charge in [0.05, 0.1) is 37.6 Å². The van der Waals surface area contributed by atoms with Gasteiger partial charge in [-0.1, -0.05) is 6.07 Å². The number of benzene rings is 1. The summed E-state index contributed by atoms with van der Waals surface area (Å²) in [7, 11) is 1.66. The van der Waals surface area contributed by atoms with E-state index < -0.39 is 5.60 Å². The third-order valence-corrected chi connectivity index (χ3v) is 5.76.